The van der Waals surface area contributed by atoms with E-state index in [4.69, 9.17) is 4.74 Å². The molecule has 0 fully saturated rings. The Kier molecular flexibility index (Phi) is 4.43. The van der Waals surface area contributed by atoms with Crippen LogP contribution >= 0.6 is 0 Å². The van der Waals surface area contributed by atoms with Gasteiger partial charge in [-0.15, -0.1) is 0 Å². The maximum Gasteiger partial charge on any atom is 0.158 e. The highest BCUT2D eigenvalue weighted by molar-refractivity contribution is 7.71. The topological polar surface area (TPSA) is 65.4 Å². The summed E-state index contributed by atoms with van der Waals surface area (Å²) in [6, 6.07) is 14.8. The van der Waals surface area contributed by atoms with Crippen LogP contribution < -0.4 is 4.74 Å². The first-order valence-corrected chi connectivity index (χ1v) is 8.41. The van der Waals surface area contributed by atoms with E-state index in [2.05, 4.69) is 0 Å². The van der Waals surface area contributed by atoms with Crippen molar-refractivity contribution in [1.82, 2.24) is 4.57 Å². The van der Waals surface area contributed by atoms with E-state index in [0.29, 0.717) is 28.8 Å². The molecule has 0 saturated carbocycles. The number of nitrogens with zero attached hydrogens (tertiary/aromatic N) is 1. The van der Waals surface area contributed by atoms with Crippen molar-refractivity contribution in [3.63, 3.8) is 0 Å². The zero-order chi connectivity index (χ0) is 16.2. The van der Waals surface area contributed by atoms with Crippen LogP contribution in [0.3, 0.4) is 0 Å². The number of thiol groups is 1. The van der Waals surface area contributed by atoms with Crippen molar-refractivity contribution in [3.8, 4) is 5.75 Å². The number of aromatic nitrogens is 1. The number of hydrogen-bond donors (Lipinski definition) is 1. The molecule has 0 aliphatic rings. The van der Waals surface area contributed by atoms with Crippen LogP contribution in [-0.2, 0) is 23.2 Å². The minimum Gasteiger partial charge on any atom is -0.487 e. The summed E-state index contributed by atoms with van der Waals surface area (Å²) in [7, 11) is -2.58. The fraction of sp³-hybridized carbons (Fsp3) is 0.118. The van der Waals surface area contributed by atoms with E-state index in [1.807, 2.05) is 30.3 Å². The Bertz CT molecular complexity index is 905. The molecule has 0 unspecified atom stereocenters. The van der Waals surface area contributed by atoms with E-state index in [1.54, 1.807) is 29.0 Å². The van der Waals surface area contributed by atoms with Gasteiger partial charge in [0.05, 0.1) is 5.52 Å². The van der Waals surface area contributed by atoms with Gasteiger partial charge in [-0.05, 0) is 23.8 Å². The average molecular weight is 329 g/mol. The monoisotopic (exact) mass is 329 g/mol. The molecule has 1 heterocycles. The molecule has 0 N–H and O–H groups in total. The van der Waals surface area contributed by atoms with Crippen LogP contribution in [0.4, 0.5) is 0 Å². The van der Waals surface area contributed by atoms with E-state index >= 15 is 0 Å². The third-order valence-corrected chi connectivity index (χ3v) is 4.09. The van der Waals surface area contributed by atoms with Gasteiger partial charge in [-0.3, -0.25) is 4.79 Å². The Morgan fingerprint density at radius 2 is 1.83 bits per heavy atom. The van der Waals surface area contributed by atoms with Gasteiger partial charge in [-0.25, -0.2) is 8.42 Å². The predicted octanol–water partition coefficient (Wildman–Crippen LogP) is 2.60. The highest BCUT2D eigenvalue weighted by Crippen LogP contribution is 2.30. The van der Waals surface area contributed by atoms with E-state index in [1.165, 1.54) is 0 Å². The zero-order valence-electron chi connectivity index (χ0n) is 12.2. The standard InChI is InChI=1S/C17H15NO4S/c19-10-14-6-7-16(22-11-13-4-2-1-3-5-13)17-15(14)8-9-18(17)12-23(20)21/h1-10,23H,11-12H2. The maximum absolute atomic E-state index is 11.2. The largest absolute Gasteiger partial charge is 0.487 e. The Hall–Kier alpha value is -2.60. The van der Waals surface area contributed by atoms with E-state index in [9.17, 15) is 13.2 Å². The van der Waals surface area contributed by atoms with Crippen molar-refractivity contribution in [2.75, 3.05) is 0 Å². The van der Waals surface area contributed by atoms with Crippen molar-refractivity contribution in [2.24, 2.45) is 0 Å². The lowest BCUT2D eigenvalue weighted by Gasteiger charge is -2.11. The lowest BCUT2D eigenvalue weighted by molar-refractivity contribution is 0.112. The number of benzene rings is 2. The Morgan fingerprint density at radius 1 is 1.04 bits per heavy atom. The first kappa shape index (κ1) is 15.3. The number of ether oxygens (including phenoxy) is 1. The number of carbonyl (C=O) groups excluding carboxylic acids is 1. The molecule has 0 spiro atoms. The molecule has 0 amide bonds. The van der Waals surface area contributed by atoms with Crippen LogP contribution in [0.25, 0.3) is 10.9 Å². The summed E-state index contributed by atoms with van der Waals surface area (Å²) in [4.78, 5) is 11.2. The zero-order valence-corrected chi connectivity index (χ0v) is 13.1. The number of rotatable bonds is 6. The number of aldehydes is 1. The lowest BCUT2D eigenvalue weighted by Crippen LogP contribution is -2.02. The molecule has 0 aliphatic heterocycles. The average Bonchev–Trinajstić information content (AvgIpc) is 2.97. The van der Waals surface area contributed by atoms with E-state index < -0.39 is 10.7 Å². The fourth-order valence-corrected chi connectivity index (χ4v) is 3.00. The molecule has 118 valence electrons. The van der Waals surface area contributed by atoms with Gasteiger partial charge in [-0.1, -0.05) is 30.3 Å². The van der Waals surface area contributed by atoms with Gasteiger partial charge in [0.2, 0.25) is 0 Å². The molecule has 0 saturated heterocycles. The summed E-state index contributed by atoms with van der Waals surface area (Å²) < 4.78 is 29.6. The smallest absolute Gasteiger partial charge is 0.158 e. The van der Waals surface area contributed by atoms with Crippen LogP contribution in [0.15, 0.2) is 54.7 Å². The summed E-state index contributed by atoms with van der Waals surface area (Å²) in [5.41, 5.74) is 2.13. The molecule has 6 heteroatoms. The normalized spacial score (nSPS) is 11.0. The summed E-state index contributed by atoms with van der Waals surface area (Å²) in [6.45, 7) is 0.366. The van der Waals surface area contributed by atoms with Gasteiger partial charge in [0, 0.05) is 17.1 Å². The van der Waals surface area contributed by atoms with Crippen molar-refractivity contribution in [3.05, 3.63) is 65.9 Å². The molecule has 23 heavy (non-hydrogen) atoms. The van der Waals surface area contributed by atoms with E-state index in [-0.39, 0.29) is 5.88 Å². The number of hydrogen-bond acceptors (Lipinski definition) is 4. The quantitative estimate of drug-likeness (QED) is 0.558. The van der Waals surface area contributed by atoms with Gasteiger partial charge < -0.3 is 9.30 Å². The molecule has 0 radical (unpaired) electrons. The first-order valence-electron chi connectivity index (χ1n) is 7.04. The molecule has 0 aliphatic carbocycles. The molecule has 0 atom stereocenters. The second-order valence-electron chi connectivity index (χ2n) is 5.07. The van der Waals surface area contributed by atoms with Crippen molar-refractivity contribution >= 4 is 27.9 Å². The summed E-state index contributed by atoms with van der Waals surface area (Å²) in [6.07, 6.45) is 2.41. The van der Waals surface area contributed by atoms with Crippen LogP contribution in [0, 0.1) is 0 Å². The second-order valence-corrected chi connectivity index (χ2v) is 6.02. The first-order chi connectivity index (χ1) is 11.2. The molecule has 5 nitrogen and oxygen atoms in total. The third-order valence-electron chi connectivity index (χ3n) is 3.55. The summed E-state index contributed by atoms with van der Waals surface area (Å²) in [5.74, 6) is 0.402. The van der Waals surface area contributed by atoms with Crippen LogP contribution in [-0.4, -0.2) is 19.3 Å². The Morgan fingerprint density at radius 3 is 2.52 bits per heavy atom. The molecular weight excluding hydrogens is 314 g/mol. The molecule has 3 rings (SSSR count). The molecule has 2 aromatic carbocycles. The minimum absolute atomic E-state index is 0.150. The molecule has 0 bridgehead atoms. The van der Waals surface area contributed by atoms with Gasteiger partial charge in [-0.2, -0.15) is 0 Å². The molecular formula is C17H15NO4S. The molecule has 1 aromatic heterocycles. The summed E-state index contributed by atoms with van der Waals surface area (Å²) in [5, 5.41) is 0.683. The van der Waals surface area contributed by atoms with Gasteiger partial charge in [0.1, 0.15) is 18.2 Å². The third kappa shape index (κ3) is 3.27. The Labute approximate surface area is 135 Å². The van der Waals surface area contributed by atoms with Crippen LogP contribution in [0.5, 0.6) is 5.75 Å². The number of fused-ring (bicyclic) bond motifs is 1. The van der Waals surface area contributed by atoms with Crippen molar-refractivity contribution in [1.29, 1.82) is 0 Å². The summed E-state index contributed by atoms with van der Waals surface area (Å²) >= 11 is 0. The Balaban J connectivity index is 2.01. The molecule has 3 aromatic rings. The van der Waals surface area contributed by atoms with Crippen molar-refractivity contribution in [2.45, 2.75) is 12.5 Å². The highest BCUT2D eigenvalue weighted by atomic mass is 32.2. The van der Waals surface area contributed by atoms with Crippen LogP contribution in [0.1, 0.15) is 15.9 Å². The van der Waals surface area contributed by atoms with Crippen molar-refractivity contribution < 1.29 is 17.9 Å². The van der Waals surface area contributed by atoms with Crippen LogP contribution in [0.2, 0.25) is 0 Å². The number of carbonyl (C=O) groups is 1. The van der Waals surface area contributed by atoms with Gasteiger partial charge >= 0.3 is 0 Å². The fourth-order valence-electron chi connectivity index (χ4n) is 2.51. The SMILES string of the molecule is O=Cc1ccc(OCc2ccccc2)c2c1ccn2C[SH](=O)=O. The second kappa shape index (κ2) is 6.66. The van der Waals surface area contributed by atoms with Gasteiger partial charge in [0.15, 0.2) is 17.0 Å². The highest BCUT2D eigenvalue weighted by Gasteiger charge is 2.12. The van der Waals surface area contributed by atoms with Gasteiger partial charge in [0.25, 0.3) is 0 Å². The maximum atomic E-state index is 11.2. The minimum atomic E-state index is -2.58. The lowest BCUT2D eigenvalue weighted by atomic mass is 10.1. The van der Waals surface area contributed by atoms with E-state index in [0.717, 1.165) is 11.8 Å². The predicted molar refractivity (Wildman–Crippen MR) is 88.4 cm³/mol.